The lowest BCUT2D eigenvalue weighted by Crippen LogP contribution is -2.21. The lowest BCUT2D eigenvalue weighted by Gasteiger charge is -2.15. The van der Waals surface area contributed by atoms with E-state index in [0.717, 1.165) is 54.8 Å². The standard InChI is InChI=1S/C24H41ClO3S/c1-2-3-4-5-6-7-8-10-18-28-24(20-26)21-29-19-12-9-11-17-27-23-15-13-22(25)14-16-23/h13-16,24,26H,2-12,17-21H2,1H3. The average Bonchev–Trinajstić information content (AvgIpc) is 2.74. The van der Waals surface area contributed by atoms with Crippen molar-refractivity contribution in [1.82, 2.24) is 0 Å². The highest BCUT2D eigenvalue weighted by Crippen LogP contribution is 2.16. The molecular formula is C24H41ClO3S. The minimum atomic E-state index is -0.0159. The predicted octanol–water partition coefficient (Wildman–Crippen LogP) is 7.14. The molecule has 0 saturated carbocycles. The van der Waals surface area contributed by atoms with E-state index < -0.39 is 0 Å². The third-order valence-corrected chi connectivity index (χ3v) is 6.31. The van der Waals surface area contributed by atoms with E-state index in [0.29, 0.717) is 0 Å². The second-order valence-electron chi connectivity index (χ2n) is 7.59. The van der Waals surface area contributed by atoms with Crippen molar-refractivity contribution in [2.24, 2.45) is 0 Å². The Balaban J connectivity index is 1.87. The van der Waals surface area contributed by atoms with Gasteiger partial charge in [0.15, 0.2) is 0 Å². The first-order valence-corrected chi connectivity index (χ1v) is 13.0. The van der Waals surface area contributed by atoms with Crippen molar-refractivity contribution in [3.05, 3.63) is 29.3 Å². The van der Waals surface area contributed by atoms with Crippen molar-refractivity contribution < 1.29 is 14.6 Å². The van der Waals surface area contributed by atoms with Crippen LogP contribution in [0.5, 0.6) is 5.75 Å². The molecule has 1 atom stereocenters. The van der Waals surface area contributed by atoms with Gasteiger partial charge in [-0.2, -0.15) is 11.8 Å². The molecule has 0 aromatic heterocycles. The van der Waals surface area contributed by atoms with E-state index >= 15 is 0 Å². The fourth-order valence-corrected chi connectivity index (χ4v) is 4.22. The van der Waals surface area contributed by atoms with E-state index in [9.17, 15) is 5.11 Å². The summed E-state index contributed by atoms with van der Waals surface area (Å²) in [7, 11) is 0. The topological polar surface area (TPSA) is 38.7 Å². The van der Waals surface area contributed by atoms with E-state index in [-0.39, 0.29) is 12.7 Å². The summed E-state index contributed by atoms with van der Waals surface area (Å²) in [6, 6.07) is 7.51. The molecule has 5 heteroatoms. The third kappa shape index (κ3) is 16.0. The Bertz CT molecular complexity index is 470. The van der Waals surface area contributed by atoms with Gasteiger partial charge in [-0.3, -0.25) is 0 Å². The van der Waals surface area contributed by atoms with Crippen molar-refractivity contribution in [1.29, 1.82) is 0 Å². The van der Waals surface area contributed by atoms with Gasteiger partial charge in [-0.1, -0.05) is 63.5 Å². The van der Waals surface area contributed by atoms with Crippen LogP contribution in [0.4, 0.5) is 0 Å². The number of hydrogen-bond donors (Lipinski definition) is 1. The van der Waals surface area contributed by atoms with Gasteiger partial charge in [0.05, 0.1) is 19.3 Å². The summed E-state index contributed by atoms with van der Waals surface area (Å²) < 4.78 is 11.5. The molecule has 1 aromatic rings. The third-order valence-electron chi connectivity index (χ3n) is 4.87. The highest BCUT2D eigenvalue weighted by Gasteiger charge is 2.07. The molecule has 1 rings (SSSR count). The Labute approximate surface area is 187 Å². The number of ether oxygens (including phenoxy) is 2. The molecule has 0 spiro atoms. The number of aliphatic hydroxyl groups excluding tert-OH is 1. The predicted molar refractivity (Wildman–Crippen MR) is 128 cm³/mol. The molecule has 0 bridgehead atoms. The van der Waals surface area contributed by atoms with Gasteiger partial charge in [0.25, 0.3) is 0 Å². The quantitative estimate of drug-likeness (QED) is 0.217. The van der Waals surface area contributed by atoms with Crippen molar-refractivity contribution in [3.8, 4) is 5.75 Å². The van der Waals surface area contributed by atoms with Crippen LogP contribution >= 0.6 is 23.4 Å². The molecule has 0 aliphatic carbocycles. The largest absolute Gasteiger partial charge is 0.494 e. The maximum Gasteiger partial charge on any atom is 0.119 e. The molecule has 0 fully saturated rings. The van der Waals surface area contributed by atoms with Crippen LogP contribution in [0.3, 0.4) is 0 Å². The van der Waals surface area contributed by atoms with Crippen LogP contribution in [0.25, 0.3) is 0 Å². The zero-order valence-corrected chi connectivity index (χ0v) is 19.8. The van der Waals surface area contributed by atoms with E-state index in [4.69, 9.17) is 21.1 Å². The zero-order chi connectivity index (χ0) is 21.0. The number of unbranched alkanes of at least 4 members (excludes halogenated alkanes) is 9. The van der Waals surface area contributed by atoms with Gasteiger partial charge in [-0.05, 0) is 55.7 Å². The maximum absolute atomic E-state index is 9.48. The number of rotatable bonds is 20. The van der Waals surface area contributed by atoms with Crippen molar-refractivity contribution >= 4 is 23.4 Å². The lowest BCUT2D eigenvalue weighted by atomic mass is 10.1. The van der Waals surface area contributed by atoms with Crippen molar-refractivity contribution in [2.45, 2.75) is 83.7 Å². The van der Waals surface area contributed by atoms with Crippen LogP contribution in [0, 0.1) is 0 Å². The van der Waals surface area contributed by atoms with E-state index in [2.05, 4.69) is 6.92 Å². The summed E-state index contributed by atoms with van der Waals surface area (Å²) in [6.07, 6.45) is 13.8. The first-order chi connectivity index (χ1) is 14.3. The average molecular weight is 445 g/mol. The monoisotopic (exact) mass is 444 g/mol. The van der Waals surface area contributed by atoms with Crippen molar-refractivity contribution in [3.63, 3.8) is 0 Å². The van der Waals surface area contributed by atoms with Crippen LogP contribution in [0.15, 0.2) is 24.3 Å². The summed E-state index contributed by atoms with van der Waals surface area (Å²) >= 11 is 7.74. The SMILES string of the molecule is CCCCCCCCCCOC(CO)CSCCCCCOc1ccc(Cl)cc1. The molecule has 0 saturated heterocycles. The van der Waals surface area contributed by atoms with Gasteiger partial charge >= 0.3 is 0 Å². The van der Waals surface area contributed by atoms with Gasteiger partial charge in [-0.15, -0.1) is 0 Å². The smallest absolute Gasteiger partial charge is 0.119 e. The van der Waals surface area contributed by atoms with Crippen LogP contribution in [-0.4, -0.2) is 42.5 Å². The van der Waals surface area contributed by atoms with E-state index in [1.165, 1.54) is 51.4 Å². The van der Waals surface area contributed by atoms with Crippen LogP contribution in [0.1, 0.15) is 77.6 Å². The molecule has 0 heterocycles. The van der Waals surface area contributed by atoms with Gasteiger partial charge in [0.2, 0.25) is 0 Å². The van der Waals surface area contributed by atoms with E-state index in [1.807, 2.05) is 36.0 Å². The Morgan fingerprint density at radius 3 is 2.17 bits per heavy atom. The second kappa shape index (κ2) is 19.5. The molecule has 1 aromatic carbocycles. The van der Waals surface area contributed by atoms with Crippen LogP contribution in [0.2, 0.25) is 5.02 Å². The zero-order valence-electron chi connectivity index (χ0n) is 18.3. The fraction of sp³-hybridized carbons (Fsp3) is 0.750. The number of thioether (sulfide) groups is 1. The van der Waals surface area contributed by atoms with Gasteiger partial charge < -0.3 is 14.6 Å². The molecule has 0 aliphatic rings. The normalized spacial score (nSPS) is 12.2. The first-order valence-electron chi connectivity index (χ1n) is 11.4. The van der Waals surface area contributed by atoms with Crippen molar-refractivity contribution in [2.75, 3.05) is 31.3 Å². The molecule has 3 nitrogen and oxygen atoms in total. The van der Waals surface area contributed by atoms with Gasteiger partial charge in [-0.25, -0.2) is 0 Å². The molecular weight excluding hydrogens is 404 g/mol. The molecule has 0 amide bonds. The number of hydrogen-bond acceptors (Lipinski definition) is 4. The minimum Gasteiger partial charge on any atom is -0.494 e. The maximum atomic E-state index is 9.48. The van der Waals surface area contributed by atoms with Crippen LogP contribution in [-0.2, 0) is 4.74 Å². The highest BCUT2D eigenvalue weighted by atomic mass is 35.5. The first kappa shape index (κ1) is 26.6. The Hall–Kier alpha value is -0.420. The molecule has 1 unspecified atom stereocenters. The van der Waals surface area contributed by atoms with Gasteiger partial charge in [0, 0.05) is 17.4 Å². The fourth-order valence-electron chi connectivity index (χ4n) is 3.06. The summed E-state index contributed by atoms with van der Waals surface area (Å²) in [5.74, 6) is 2.87. The molecule has 0 aliphatic heterocycles. The highest BCUT2D eigenvalue weighted by molar-refractivity contribution is 7.99. The Morgan fingerprint density at radius 2 is 1.48 bits per heavy atom. The number of aliphatic hydroxyl groups is 1. The molecule has 0 radical (unpaired) electrons. The summed E-state index contributed by atoms with van der Waals surface area (Å²) in [6.45, 7) is 3.90. The summed E-state index contributed by atoms with van der Waals surface area (Å²) in [4.78, 5) is 0. The number of halogens is 1. The van der Waals surface area contributed by atoms with E-state index in [1.54, 1.807) is 0 Å². The molecule has 1 N–H and O–H groups in total. The van der Waals surface area contributed by atoms with Crippen LogP contribution < -0.4 is 4.74 Å². The summed E-state index contributed by atoms with van der Waals surface area (Å²) in [5, 5.41) is 10.2. The molecule has 168 valence electrons. The number of benzene rings is 1. The second-order valence-corrected chi connectivity index (χ2v) is 9.17. The Morgan fingerprint density at radius 1 is 0.862 bits per heavy atom. The molecule has 29 heavy (non-hydrogen) atoms. The lowest BCUT2D eigenvalue weighted by molar-refractivity contribution is 0.0260. The minimum absolute atomic E-state index is 0.0159. The van der Waals surface area contributed by atoms with Gasteiger partial charge in [0.1, 0.15) is 5.75 Å². The Kier molecular flexibility index (Phi) is 17.9. The summed E-state index contributed by atoms with van der Waals surface area (Å²) in [5.41, 5.74) is 0.